The molecule has 5 heteroatoms. The molecule has 0 saturated heterocycles. The van der Waals surface area contributed by atoms with Gasteiger partial charge in [-0.25, -0.2) is 8.42 Å². The van der Waals surface area contributed by atoms with Gasteiger partial charge in [-0.05, 0) is 23.3 Å². The van der Waals surface area contributed by atoms with Gasteiger partial charge in [0.15, 0.2) is 0 Å². The van der Waals surface area contributed by atoms with E-state index < -0.39 is 10.0 Å². The zero-order valence-corrected chi connectivity index (χ0v) is 12.9. The van der Waals surface area contributed by atoms with Crippen LogP contribution in [0.5, 0.6) is 0 Å². The lowest BCUT2D eigenvalue weighted by atomic mass is 10.1. The Hall–Kier alpha value is -1.69. The third kappa shape index (κ3) is 3.50. The molecule has 0 aliphatic rings. The van der Waals surface area contributed by atoms with Gasteiger partial charge in [-0.15, -0.1) is 0 Å². The van der Waals surface area contributed by atoms with Crippen molar-refractivity contribution in [1.82, 2.24) is 4.31 Å². The second kappa shape index (κ2) is 6.85. The quantitative estimate of drug-likeness (QED) is 0.891. The molecule has 0 fully saturated rings. The van der Waals surface area contributed by atoms with E-state index >= 15 is 0 Å². The third-order valence-electron chi connectivity index (χ3n) is 3.42. The van der Waals surface area contributed by atoms with E-state index in [2.05, 4.69) is 0 Å². The third-order valence-corrected chi connectivity index (χ3v) is 5.35. The molecule has 2 aromatic rings. The van der Waals surface area contributed by atoms with Gasteiger partial charge in [0, 0.05) is 19.6 Å². The van der Waals surface area contributed by atoms with Gasteiger partial charge in [0.25, 0.3) is 0 Å². The van der Waals surface area contributed by atoms with Crippen LogP contribution in [0.15, 0.2) is 59.5 Å². The molecule has 112 valence electrons. The minimum Gasteiger partial charge on any atom is -0.326 e. The van der Waals surface area contributed by atoms with Gasteiger partial charge in [-0.1, -0.05) is 49.4 Å². The van der Waals surface area contributed by atoms with Gasteiger partial charge in [0.2, 0.25) is 10.0 Å². The summed E-state index contributed by atoms with van der Waals surface area (Å²) < 4.78 is 26.8. The highest BCUT2D eigenvalue weighted by Crippen LogP contribution is 2.19. The summed E-state index contributed by atoms with van der Waals surface area (Å²) in [6.07, 6.45) is 0. The molecule has 2 N–H and O–H groups in total. The molecule has 0 spiro atoms. The van der Waals surface area contributed by atoms with Crippen molar-refractivity contribution >= 4 is 10.0 Å². The fourth-order valence-corrected chi connectivity index (χ4v) is 3.66. The van der Waals surface area contributed by atoms with Gasteiger partial charge < -0.3 is 5.73 Å². The van der Waals surface area contributed by atoms with E-state index in [4.69, 9.17) is 5.73 Å². The second-order valence-corrected chi connectivity index (χ2v) is 6.66. The lowest BCUT2D eigenvalue weighted by molar-refractivity contribution is 0.422. The number of nitrogens with two attached hydrogens (primary N) is 1. The average molecular weight is 304 g/mol. The van der Waals surface area contributed by atoms with Crippen molar-refractivity contribution in [2.45, 2.75) is 24.9 Å². The fourth-order valence-electron chi connectivity index (χ4n) is 2.21. The van der Waals surface area contributed by atoms with Crippen LogP contribution >= 0.6 is 0 Å². The fraction of sp³-hybridized carbons (Fsp3) is 0.250. The first-order chi connectivity index (χ1) is 10.1. The minimum atomic E-state index is -3.48. The molecule has 0 saturated carbocycles. The van der Waals surface area contributed by atoms with Crippen molar-refractivity contribution < 1.29 is 8.42 Å². The Kier molecular flexibility index (Phi) is 5.12. The van der Waals surface area contributed by atoms with E-state index in [1.54, 1.807) is 30.3 Å². The van der Waals surface area contributed by atoms with Crippen LogP contribution in [0.25, 0.3) is 0 Å². The maximum atomic E-state index is 12.7. The van der Waals surface area contributed by atoms with E-state index in [0.717, 1.165) is 11.1 Å². The van der Waals surface area contributed by atoms with E-state index in [1.807, 2.05) is 31.2 Å². The Morgan fingerprint density at radius 3 is 2.10 bits per heavy atom. The predicted molar refractivity (Wildman–Crippen MR) is 84.0 cm³/mol. The van der Waals surface area contributed by atoms with Crippen molar-refractivity contribution in [3.8, 4) is 0 Å². The first-order valence-electron chi connectivity index (χ1n) is 6.91. The molecule has 21 heavy (non-hydrogen) atoms. The van der Waals surface area contributed by atoms with E-state index in [9.17, 15) is 8.42 Å². The molecule has 0 aromatic heterocycles. The van der Waals surface area contributed by atoms with Crippen molar-refractivity contribution in [2.24, 2.45) is 5.73 Å². The molecule has 0 bridgehead atoms. The zero-order chi connectivity index (χ0) is 15.3. The number of rotatable bonds is 6. The second-order valence-electron chi connectivity index (χ2n) is 4.72. The Morgan fingerprint density at radius 2 is 1.52 bits per heavy atom. The highest BCUT2D eigenvalue weighted by Gasteiger charge is 2.23. The summed E-state index contributed by atoms with van der Waals surface area (Å²) in [6, 6.07) is 16.2. The van der Waals surface area contributed by atoms with Crippen LogP contribution in [0.3, 0.4) is 0 Å². The van der Waals surface area contributed by atoms with Crippen LogP contribution in [0.4, 0.5) is 0 Å². The van der Waals surface area contributed by atoms with Gasteiger partial charge >= 0.3 is 0 Å². The van der Waals surface area contributed by atoms with Crippen molar-refractivity contribution in [1.29, 1.82) is 0 Å². The smallest absolute Gasteiger partial charge is 0.243 e. The number of sulfonamides is 1. The van der Waals surface area contributed by atoms with Crippen LogP contribution in [0, 0.1) is 0 Å². The van der Waals surface area contributed by atoms with Gasteiger partial charge in [0.1, 0.15) is 0 Å². The summed E-state index contributed by atoms with van der Waals surface area (Å²) in [4.78, 5) is 0.317. The van der Waals surface area contributed by atoms with Crippen molar-refractivity contribution in [2.75, 3.05) is 6.54 Å². The molecule has 0 heterocycles. The van der Waals surface area contributed by atoms with Gasteiger partial charge in [0.05, 0.1) is 4.90 Å². The molecule has 0 atom stereocenters. The molecular formula is C16H20N2O2S. The maximum Gasteiger partial charge on any atom is 0.243 e. The lowest BCUT2D eigenvalue weighted by Crippen LogP contribution is -2.31. The van der Waals surface area contributed by atoms with E-state index in [-0.39, 0.29) is 0 Å². The summed E-state index contributed by atoms with van der Waals surface area (Å²) in [5.41, 5.74) is 7.64. The molecule has 2 rings (SSSR count). The largest absolute Gasteiger partial charge is 0.326 e. The number of nitrogens with zero attached hydrogens (tertiary/aromatic N) is 1. The standard InChI is InChI=1S/C16H20N2O2S/c1-2-18(13-15-9-7-6-8-14(15)12-17)21(19,20)16-10-4-3-5-11-16/h3-11H,2,12-13,17H2,1H3. The normalized spacial score (nSPS) is 11.8. The zero-order valence-electron chi connectivity index (χ0n) is 12.1. The molecule has 0 aliphatic carbocycles. The van der Waals surface area contributed by atoms with Crippen LogP contribution in [-0.4, -0.2) is 19.3 Å². The van der Waals surface area contributed by atoms with Crippen molar-refractivity contribution in [3.63, 3.8) is 0 Å². The van der Waals surface area contributed by atoms with E-state index in [0.29, 0.717) is 24.5 Å². The maximum absolute atomic E-state index is 12.7. The van der Waals surface area contributed by atoms with Crippen molar-refractivity contribution in [3.05, 3.63) is 65.7 Å². The highest BCUT2D eigenvalue weighted by atomic mass is 32.2. The average Bonchev–Trinajstić information content (AvgIpc) is 2.53. The molecule has 0 amide bonds. The molecule has 2 aromatic carbocycles. The number of benzene rings is 2. The topological polar surface area (TPSA) is 63.4 Å². The first kappa shape index (κ1) is 15.7. The summed E-state index contributed by atoms with van der Waals surface area (Å²) in [6.45, 7) is 2.99. The molecule has 4 nitrogen and oxygen atoms in total. The Morgan fingerprint density at radius 1 is 0.952 bits per heavy atom. The Bertz CT molecular complexity index is 684. The highest BCUT2D eigenvalue weighted by molar-refractivity contribution is 7.89. The first-order valence-corrected chi connectivity index (χ1v) is 8.35. The Balaban J connectivity index is 2.32. The SMILES string of the molecule is CCN(Cc1ccccc1CN)S(=O)(=O)c1ccccc1. The Labute approximate surface area is 126 Å². The molecule has 0 aliphatic heterocycles. The van der Waals surface area contributed by atoms with Gasteiger partial charge in [-0.2, -0.15) is 4.31 Å². The van der Waals surface area contributed by atoms with E-state index in [1.165, 1.54) is 4.31 Å². The van der Waals surface area contributed by atoms with Crippen LogP contribution < -0.4 is 5.73 Å². The van der Waals surface area contributed by atoms with Gasteiger partial charge in [-0.3, -0.25) is 0 Å². The minimum absolute atomic E-state index is 0.317. The molecule has 0 unspecified atom stereocenters. The summed E-state index contributed by atoms with van der Waals surface area (Å²) in [7, 11) is -3.48. The van der Waals surface area contributed by atoms with Crippen LogP contribution in [0.1, 0.15) is 18.1 Å². The molecule has 0 radical (unpaired) electrons. The molecular weight excluding hydrogens is 284 g/mol. The summed E-state index contributed by atoms with van der Waals surface area (Å²) in [5.74, 6) is 0. The monoisotopic (exact) mass is 304 g/mol. The number of hydrogen-bond acceptors (Lipinski definition) is 3. The summed E-state index contributed by atoms with van der Waals surface area (Å²) >= 11 is 0. The number of hydrogen-bond donors (Lipinski definition) is 1. The van der Waals surface area contributed by atoms with Crippen LogP contribution in [-0.2, 0) is 23.1 Å². The predicted octanol–water partition coefficient (Wildman–Crippen LogP) is 2.36. The summed E-state index contributed by atoms with van der Waals surface area (Å²) in [5, 5.41) is 0. The lowest BCUT2D eigenvalue weighted by Gasteiger charge is -2.21. The van der Waals surface area contributed by atoms with Crippen LogP contribution in [0.2, 0.25) is 0 Å².